The quantitative estimate of drug-likeness (QED) is 0.791. The van der Waals surface area contributed by atoms with E-state index in [1.165, 1.54) is 16.6 Å². The van der Waals surface area contributed by atoms with E-state index in [9.17, 15) is 9.18 Å². The number of halogens is 1. The third kappa shape index (κ3) is 4.09. The number of nitrogens with zero attached hydrogens (tertiary/aromatic N) is 4. The van der Waals surface area contributed by atoms with Crippen molar-refractivity contribution in [2.75, 3.05) is 0 Å². The molecule has 3 aromatic rings. The molecule has 1 aromatic carbocycles. The number of amides is 1. The first kappa shape index (κ1) is 16.8. The Morgan fingerprint density at radius 2 is 1.88 bits per heavy atom. The van der Waals surface area contributed by atoms with Gasteiger partial charge in [-0.3, -0.25) is 0 Å². The molecule has 0 atom stereocenters. The van der Waals surface area contributed by atoms with Crippen LogP contribution in [0.3, 0.4) is 0 Å². The number of hydrogen-bond acceptors (Lipinski definition) is 5. The lowest BCUT2D eigenvalue weighted by Gasteiger charge is -2.19. The van der Waals surface area contributed by atoms with Crippen LogP contribution in [-0.2, 0) is 11.3 Å². The molecule has 1 N–H and O–H groups in total. The molecule has 1 amide bonds. The topological polar surface area (TPSA) is 81.4 Å². The average Bonchev–Trinajstić information content (AvgIpc) is 2.94. The first-order valence-corrected chi connectivity index (χ1v) is 7.76. The number of carbonyl (C=O) groups excluding carboxylic acids is 1. The van der Waals surface area contributed by atoms with Crippen molar-refractivity contribution < 1.29 is 13.9 Å². The summed E-state index contributed by atoms with van der Waals surface area (Å²) in [4.78, 5) is 11.8. The summed E-state index contributed by atoms with van der Waals surface area (Å²) < 4.78 is 19.8. The van der Waals surface area contributed by atoms with Crippen LogP contribution in [0.5, 0.6) is 0 Å². The Balaban J connectivity index is 1.81. The van der Waals surface area contributed by atoms with Crippen molar-refractivity contribution in [1.82, 2.24) is 25.1 Å². The average molecular weight is 343 g/mol. The number of ether oxygens (including phenoxy) is 1. The maximum Gasteiger partial charge on any atom is 0.408 e. The summed E-state index contributed by atoms with van der Waals surface area (Å²) in [7, 11) is 0. The summed E-state index contributed by atoms with van der Waals surface area (Å²) in [6, 6.07) is 9.58. The number of carbonyl (C=O) groups is 1. The third-order valence-electron chi connectivity index (χ3n) is 3.26. The summed E-state index contributed by atoms with van der Waals surface area (Å²) in [6.45, 7) is 5.48. The number of nitrogens with one attached hydrogen (secondary N) is 1. The highest BCUT2D eigenvalue weighted by molar-refractivity contribution is 5.67. The van der Waals surface area contributed by atoms with Gasteiger partial charge in [-0.25, -0.2) is 9.18 Å². The molecule has 130 valence electrons. The smallest absolute Gasteiger partial charge is 0.408 e. The fraction of sp³-hybridized carbons (Fsp3) is 0.294. The Morgan fingerprint density at radius 3 is 2.56 bits per heavy atom. The van der Waals surface area contributed by atoms with Gasteiger partial charge in [0.2, 0.25) is 0 Å². The van der Waals surface area contributed by atoms with Crippen LogP contribution in [0.15, 0.2) is 36.4 Å². The molecular weight excluding hydrogens is 325 g/mol. The van der Waals surface area contributed by atoms with Gasteiger partial charge in [0.05, 0.1) is 12.2 Å². The fourth-order valence-corrected chi connectivity index (χ4v) is 2.18. The van der Waals surface area contributed by atoms with Crippen LogP contribution in [0.25, 0.3) is 16.9 Å². The Bertz CT molecular complexity index is 900. The minimum atomic E-state index is -0.578. The Labute approximate surface area is 143 Å². The van der Waals surface area contributed by atoms with E-state index in [2.05, 4.69) is 20.6 Å². The van der Waals surface area contributed by atoms with Gasteiger partial charge in [0.1, 0.15) is 11.4 Å². The molecular formula is C17H18FN5O2. The highest BCUT2D eigenvalue weighted by atomic mass is 19.1. The monoisotopic (exact) mass is 343 g/mol. The van der Waals surface area contributed by atoms with E-state index in [0.29, 0.717) is 17.2 Å². The number of hydrogen-bond donors (Lipinski definition) is 1. The van der Waals surface area contributed by atoms with Crippen LogP contribution in [0.4, 0.5) is 9.18 Å². The molecule has 0 saturated heterocycles. The summed E-state index contributed by atoms with van der Waals surface area (Å²) in [5.41, 5.74) is 1.38. The normalized spacial score (nSPS) is 11.5. The van der Waals surface area contributed by atoms with E-state index in [1.54, 1.807) is 45.0 Å². The van der Waals surface area contributed by atoms with Gasteiger partial charge in [-0.15, -0.1) is 10.2 Å². The second-order valence-electron chi connectivity index (χ2n) is 6.47. The highest BCUT2D eigenvalue weighted by Crippen LogP contribution is 2.18. The minimum absolute atomic E-state index is 0.121. The van der Waals surface area contributed by atoms with Gasteiger partial charge < -0.3 is 10.1 Å². The summed E-state index contributed by atoms with van der Waals surface area (Å²) in [6.07, 6.45) is -0.543. The van der Waals surface area contributed by atoms with E-state index in [1.807, 2.05) is 0 Å². The van der Waals surface area contributed by atoms with Crippen LogP contribution in [0.2, 0.25) is 0 Å². The lowest BCUT2D eigenvalue weighted by Crippen LogP contribution is -2.32. The molecule has 0 unspecified atom stereocenters. The number of fused-ring (bicyclic) bond motifs is 1. The molecule has 0 aliphatic rings. The molecule has 0 aliphatic carbocycles. The van der Waals surface area contributed by atoms with E-state index in [4.69, 9.17) is 4.74 Å². The third-order valence-corrected chi connectivity index (χ3v) is 3.26. The van der Waals surface area contributed by atoms with Gasteiger partial charge in [-0.2, -0.15) is 9.61 Å². The Hall–Kier alpha value is -3.03. The summed E-state index contributed by atoms with van der Waals surface area (Å²) >= 11 is 0. The maximum atomic E-state index is 13.1. The standard InChI is InChI=1S/C17H18FN5O2/c1-17(2,3)25-16(24)19-10-15-21-20-14-9-8-13(22-23(14)15)11-4-6-12(18)7-5-11/h4-9H,10H2,1-3H3,(H,19,24). The second kappa shape index (κ2) is 6.46. The molecule has 7 nitrogen and oxygen atoms in total. The van der Waals surface area contributed by atoms with Gasteiger partial charge in [0.15, 0.2) is 11.5 Å². The van der Waals surface area contributed by atoms with E-state index in [0.717, 1.165) is 5.56 Å². The molecule has 0 aliphatic heterocycles. The molecule has 0 fully saturated rings. The van der Waals surface area contributed by atoms with Crippen LogP contribution < -0.4 is 5.32 Å². The minimum Gasteiger partial charge on any atom is -0.444 e. The van der Waals surface area contributed by atoms with Crippen molar-refractivity contribution in [1.29, 1.82) is 0 Å². The predicted octanol–water partition coefficient (Wildman–Crippen LogP) is 2.96. The number of alkyl carbamates (subject to hydrolysis) is 1. The van der Waals surface area contributed by atoms with Gasteiger partial charge in [-0.05, 0) is 57.2 Å². The number of rotatable bonds is 3. The highest BCUT2D eigenvalue weighted by Gasteiger charge is 2.17. The molecule has 8 heteroatoms. The van der Waals surface area contributed by atoms with Crippen LogP contribution in [-0.4, -0.2) is 31.5 Å². The molecule has 3 rings (SSSR count). The lowest BCUT2D eigenvalue weighted by molar-refractivity contribution is 0.0522. The molecule has 25 heavy (non-hydrogen) atoms. The van der Waals surface area contributed by atoms with Crippen LogP contribution in [0.1, 0.15) is 26.6 Å². The molecule has 2 heterocycles. The summed E-state index contributed by atoms with van der Waals surface area (Å²) in [5.74, 6) is 0.154. The number of aromatic nitrogens is 4. The second-order valence-corrected chi connectivity index (χ2v) is 6.47. The van der Waals surface area contributed by atoms with Crippen molar-refractivity contribution in [3.05, 3.63) is 48.0 Å². The zero-order valence-corrected chi connectivity index (χ0v) is 14.2. The summed E-state index contributed by atoms with van der Waals surface area (Å²) in [5, 5.41) is 15.1. The molecule has 0 bridgehead atoms. The van der Waals surface area contributed by atoms with E-state index in [-0.39, 0.29) is 12.4 Å². The Morgan fingerprint density at radius 1 is 1.16 bits per heavy atom. The van der Waals surface area contributed by atoms with Gasteiger partial charge in [0.25, 0.3) is 0 Å². The van der Waals surface area contributed by atoms with Gasteiger partial charge in [0, 0.05) is 5.56 Å². The molecule has 2 aromatic heterocycles. The van der Waals surface area contributed by atoms with E-state index < -0.39 is 11.7 Å². The molecule has 0 saturated carbocycles. The first-order chi connectivity index (χ1) is 11.8. The maximum absolute atomic E-state index is 13.1. The fourth-order valence-electron chi connectivity index (χ4n) is 2.18. The van der Waals surface area contributed by atoms with Crippen LogP contribution >= 0.6 is 0 Å². The van der Waals surface area contributed by atoms with Crippen molar-refractivity contribution >= 4 is 11.7 Å². The van der Waals surface area contributed by atoms with Crippen molar-refractivity contribution in [3.8, 4) is 11.3 Å². The Kier molecular flexibility index (Phi) is 4.35. The first-order valence-electron chi connectivity index (χ1n) is 7.76. The van der Waals surface area contributed by atoms with Gasteiger partial charge in [-0.1, -0.05) is 0 Å². The largest absolute Gasteiger partial charge is 0.444 e. The van der Waals surface area contributed by atoms with Crippen molar-refractivity contribution in [3.63, 3.8) is 0 Å². The van der Waals surface area contributed by atoms with Crippen molar-refractivity contribution in [2.45, 2.75) is 32.9 Å². The number of benzene rings is 1. The zero-order valence-electron chi connectivity index (χ0n) is 14.2. The lowest BCUT2D eigenvalue weighted by atomic mass is 10.1. The van der Waals surface area contributed by atoms with E-state index >= 15 is 0 Å². The molecule has 0 radical (unpaired) electrons. The van der Waals surface area contributed by atoms with Crippen molar-refractivity contribution in [2.24, 2.45) is 0 Å². The van der Waals surface area contributed by atoms with Gasteiger partial charge >= 0.3 is 6.09 Å². The molecule has 0 spiro atoms. The predicted molar refractivity (Wildman–Crippen MR) is 89.2 cm³/mol. The SMILES string of the molecule is CC(C)(C)OC(=O)NCc1nnc2ccc(-c3ccc(F)cc3)nn12. The zero-order chi connectivity index (χ0) is 18.0. The van der Waals surface area contributed by atoms with Crippen LogP contribution in [0, 0.1) is 5.82 Å².